The number of nitrogens with one attached hydrogen (secondary N) is 1. The van der Waals surface area contributed by atoms with Crippen LogP contribution < -0.4 is 14.8 Å². The van der Waals surface area contributed by atoms with Crippen molar-refractivity contribution in [2.24, 2.45) is 0 Å². The van der Waals surface area contributed by atoms with E-state index in [0.717, 1.165) is 0 Å². The lowest BCUT2D eigenvalue weighted by Gasteiger charge is -2.16. The van der Waals surface area contributed by atoms with Crippen LogP contribution in [-0.2, 0) is 9.53 Å². The van der Waals surface area contributed by atoms with Crippen molar-refractivity contribution in [2.75, 3.05) is 25.1 Å². The third kappa shape index (κ3) is 5.64. The van der Waals surface area contributed by atoms with E-state index in [2.05, 4.69) is 25.1 Å². The molecule has 1 rings (SSSR count). The fourth-order valence-corrected chi connectivity index (χ4v) is 1.76. The third-order valence-corrected chi connectivity index (χ3v) is 2.66. The first-order valence-corrected chi connectivity index (χ1v) is 7.24. The molecular formula is C18H21NO5. The van der Waals surface area contributed by atoms with Gasteiger partial charge in [0.2, 0.25) is 5.91 Å². The Kier molecular flexibility index (Phi) is 7.84. The van der Waals surface area contributed by atoms with Gasteiger partial charge >= 0.3 is 5.97 Å². The van der Waals surface area contributed by atoms with Crippen LogP contribution >= 0.6 is 0 Å². The van der Waals surface area contributed by atoms with Gasteiger partial charge in [0.25, 0.3) is 0 Å². The first kappa shape index (κ1) is 19.0. The Balaban J connectivity index is 3.31. The Morgan fingerprint density at radius 1 is 1.00 bits per heavy atom. The van der Waals surface area contributed by atoms with Crippen molar-refractivity contribution >= 4 is 17.6 Å². The van der Waals surface area contributed by atoms with E-state index in [1.165, 1.54) is 25.1 Å². The molecule has 0 saturated carbocycles. The van der Waals surface area contributed by atoms with E-state index in [9.17, 15) is 9.59 Å². The van der Waals surface area contributed by atoms with Gasteiger partial charge in [-0.05, 0) is 0 Å². The van der Waals surface area contributed by atoms with Crippen molar-refractivity contribution in [3.05, 3.63) is 55.7 Å². The summed E-state index contributed by atoms with van der Waals surface area (Å²) in [5.74, 6) is -0.253. The van der Waals surface area contributed by atoms with Gasteiger partial charge in [-0.15, -0.1) is 0 Å². The number of amides is 1. The third-order valence-electron chi connectivity index (χ3n) is 2.66. The Hall–Kier alpha value is -3.02. The van der Waals surface area contributed by atoms with Crippen molar-refractivity contribution in [3.8, 4) is 11.5 Å². The molecule has 0 radical (unpaired) electrons. The molecule has 0 atom stereocenters. The number of carbonyl (C=O) groups excluding carboxylic acids is 2. The summed E-state index contributed by atoms with van der Waals surface area (Å²) < 4.78 is 16.1. The highest BCUT2D eigenvalue weighted by atomic mass is 16.5. The van der Waals surface area contributed by atoms with Gasteiger partial charge in [-0.1, -0.05) is 38.0 Å². The summed E-state index contributed by atoms with van der Waals surface area (Å²) in [5.41, 5.74) is 0.415. The molecule has 0 aliphatic rings. The summed E-state index contributed by atoms with van der Waals surface area (Å²) in [5, 5.41) is 2.58. The number of benzene rings is 1. The van der Waals surface area contributed by atoms with E-state index in [1.807, 2.05) is 0 Å². The van der Waals surface area contributed by atoms with Crippen LogP contribution in [0.2, 0.25) is 0 Å². The minimum Gasteiger partial charge on any atom is -0.486 e. The maximum atomic E-state index is 12.2. The first-order valence-electron chi connectivity index (χ1n) is 7.24. The smallest absolute Gasteiger partial charge is 0.340 e. The number of carbonyl (C=O) groups is 2. The Morgan fingerprint density at radius 2 is 1.54 bits per heavy atom. The predicted octanol–water partition coefficient (Wildman–Crippen LogP) is 3.12. The van der Waals surface area contributed by atoms with Crippen LogP contribution in [0.5, 0.6) is 11.5 Å². The van der Waals surface area contributed by atoms with Crippen LogP contribution in [0.4, 0.5) is 5.69 Å². The fraction of sp³-hybridized carbons (Fsp3) is 0.222. The second-order valence-corrected chi connectivity index (χ2v) is 4.61. The molecule has 0 unspecified atom stereocenters. The lowest BCUT2D eigenvalue weighted by atomic mass is 10.1. The zero-order valence-corrected chi connectivity index (χ0v) is 13.7. The average molecular weight is 331 g/mol. The summed E-state index contributed by atoms with van der Waals surface area (Å²) in [6.07, 6.45) is 4.59. The van der Waals surface area contributed by atoms with Gasteiger partial charge in [-0.2, -0.15) is 0 Å². The van der Waals surface area contributed by atoms with Gasteiger partial charge in [0.15, 0.2) is 11.5 Å². The second kappa shape index (κ2) is 9.89. The number of hydrogen-bond donors (Lipinski definition) is 1. The normalized spacial score (nSPS) is 9.54. The molecule has 24 heavy (non-hydrogen) atoms. The molecule has 0 aromatic heterocycles. The lowest BCUT2D eigenvalue weighted by Crippen LogP contribution is -2.14. The molecule has 1 aromatic carbocycles. The molecule has 1 amide bonds. The second-order valence-electron chi connectivity index (χ2n) is 4.61. The van der Waals surface area contributed by atoms with Gasteiger partial charge in [0.05, 0.1) is 11.3 Å². The summed E-state index contributed by atoms with van der Waals surface area (Å²) in [4.78, 5) is 23.6. The molecule has 0 heterocycles. The molecular weight excluding hydrogens is 310 g/mol. The first-order chi connectivity index (χ1) is 11.5. The van der Waals surface area contributed by atoms with Crippen molar-refractivity contribution < 1.29 is 23.8 Å². The molecule has 1 aromatic rings. The maximum Gasteiger partial charge on any atom is 0.340 e. The van der Waals surface area contributed by atoms with E-state index in [4.69, 9.17) is 14.2 Å². The maximum absolute atomic E-state index is 12.2. The average Bonchev–Trinajstić information content (AvgIpc) is 2.56. The number of esters is 1. The molecule has 1 N–H and O–H groups in total. The quantitative estimate of drug-likeness (QED) is 0.527. The zero-order valence-electron chi connectivity index (χ0n) is 13.7. The Morgan fingerprint density at radius 3 is 2.04 bits per heavy atom. The lowest BCUT2D eigenvalue weighted by molar-refractivity contribution is -0.114. The van der Waals surface area contributed by atoms with E-state index in [-0.39, 0.29) is 37.0 Å². The van der Waals surface area contributed by atoms with E-state index in [1.54, 1.807) is 12.2 Å². The number of anilines is 1. The van der Waals surface area contributed by atoms with Gasteiger partial charge in [-0.25, -0.2) is 4.79 Å². The van der Waals surface area contributed by atoms with E-state index >= 15 is 0 Å². The van der Waals surface area contributed by atoms with Gasteiger partial charge in [-0.3, -0.25) is 4.79 Å². The molecule has 0 spiro atoms. The SMILES string of the molecule is C=CCOC(=O)c1cc(OCC=C)c(OCC=C)cc1NC(C)=O. The standard InChI is InChI=1S/C18H21NO5/c1-5-8-22-16-11-14(18(21)24-10-7-3)15(19-13(4)20)12-17(16)23-9-6-2/h5-7,11-12H,1-3,8-10H2,4H3,(H,19,20). The number of hydrogen-bond acceptors (Lipinski definition) is 5. The van der Waals surface area contributed by atoms with E-state index in [0.29, 0.717) is 11.5 Å². The minimum absolute atomic E-state index is 0.0515. The van der Waals surface area contributed by atoms with Crippen LogP contribution in [0.25, 0.3) is 0 Å². The summed E-state index contributed by atoms with van der Waals surface area (Å²) in [6, 6.07) is 2.96. The fourth-order valence-electron chi connectivity index (χ4n) is 1.76. The van der Waals surface area contributed by atoms with Crippen molar-refractivity contribution in [1.82, 2.24) is 0 Å². The van der Waals surface area contributed by atoms with Crippen LogP contribution in [-0.4, -0.2) is 31.7 Å². The van der Waals surface area contributed by atoms with Crippen LogP contribution in [0, 0.1) is 0 Å². The van der Waals surface area contributed by atoms with Gasteiger partial charge in [0.1, 0.15) is 19.8 Å². The highest BCUT2D eigenvalue weighted by Gasteiger charge is 2.19. The van der Waals surface area contributed by atoms with Crippen LogP contribution in [0.15, 0.2) is 50.1 Å². The summed E-state index contributed by atoms with van der Waals surface area (Å²) >= 11 is 0. The van der Waals surface area contributed by atoms with Crippen molar-refractivity contribution in [3.63, 3.8) is 0 Å². The molecule has 6 nitrogen and oxygen atoms in total. The van der Waals surface area contributed by atoms with Crippen molar-refractivity contribution in [2.45, 2.75) is 6.92 Å². The molecule has 0 bridgehead atoms. The monoisotopic (exact) mass is 331 g/mol. The van der Waals surface area contributed by atoms with Crippen molar-refractivity contribution in [1.29, 1.82) is 0 Å². The molecule has 0 aliphatic carbocycles. The molecule has 128 valence electrons. The molecule has 6 heteroatoms. The van der Waals surface area contributed by atoms with E-state index < -0.39 is 5.97 Å². The Bertz CT molecular complexity index is 637. The molecule has 0 aliphatic heterocycles. The van der Waals surface area contributed by atoms with Crippen LogP contribution in [0.1, 0.15) is 17.3 Å². The van der Waals surface area contributed by atoms with Crippen LogP contribution in [0.3, 0.4) is 0 Å². The summed E-state index contributed by atoms with van der Waals surface area (Å²) in [6.45, 7) is 12.5. The molecule has 0 saturated heterocycles. The number of ether oxygens (including phenoxy) is 3. The largest absolute Gasteiger partial charge is 0.486 e. The summed E-state index contributed by atoms with van der Waals surface area (Å²) in [7, 11) is 0. The predicted molar refractivity (Wildman–Crippen MR) is 92.6 cm³/mol. The number of rotatable bonds is 10. The topological polar surface area (TPSA) is 73.9 Å². The zero-order chi connectivity index (χ0) is 17.9. The molecule has 0 fully saturated rings. The van der Waals surface area contributed by atoms with Gasteiger partial charge in [0, 0.05) is 19.1 Å². The Labute approximate surface area is 141 Å². The highest BCUT2D eigenvalue weighted by Crippen LogP contribution is 2.34. The highest BCUT2D eigenvalue weighted by molar-refractivity contribution is 6.01. The van der Waals surface area contributed by atoms with Gasteiger partial charge < -0.3 is 19.5 Å². The minimum atomic E-state index is -0.614.